The molecule has 0 aliphatic heterocycles. The molecule has 0 unspecified atom stereocenters. The maximum Gasteiger partial charge on any atom is 0.0652 e. The highest BCUT2D eigenvalue weighted by atomic mass is 16.3. The lowest BCUT2D eigenvalue weighted by Gasteiger charge is -2.42. The fourth-order valence-electron chi connectivity index (χ4n) is 2.79. The first-order valence-corrected chi connectivity index (χ1v) is 5.16. The van der Waals surface area contributed by atoms with Gasteiger partial charge in [0, 0.05) is 0 Å². The molecule has 0 spiro atoms. The molecule has 0 aromatic rings. The largest absolute Gasteiger partial charge is 0.390 e. The molecule has 1 aliphatic carbocycles. The van der Waals surface area contributed by atoms with E-state index in [2.05, 4.69) is 20.8 Å². The lowest BCUT2D eigenvalue weighted by atomic mass is 9.68. The summed E-state index contributed by atoms with van der Waals surface area (Å²) in [6, 6.07) is 0. The van der Waals surface area contributed by atoms with Gasteiger partial charge in [-0.25, -0.2) is 0 Å². The lowest BCUT2D eigenvalue weighted by molar-refractivity contribution is -0.0649. The van der Waals surface area contributed by atoms with E-state index in [0.29, 0.717) is 17.8 Å². The molecule has 72 valence electrons. The third kappa shape index (κ3) is 2.01. The predicted octanol–water partition coefficient (Wildman–Crippen LogP) is 2.83. The zero-order chi connectivity index (χ0) is 9.35. The first kappa shape index (κ1) is 10.0. The van der Waals surface area contributed by atoms with Crippen LogP contribution in [0.5, 0.6) is 0 Å². The fourth-order valence-corrected chi connectivity index (χ4v) is 2.79. The van der Waals surface area contributed by atoms with Gasteiger partial charge in [-0.2, -0.15) is 0 Å². The van der Waals surface area contributed by atoms with E-state index in [0.717, 1.165) is 6.42 Å². The Morgan fingerprint density at radius 3 is 2.33 bits per heavy atom. The van der Waals surface area contributed by atoms with Crippen LogP contribution in [0.4, 0.5) is 0 Å². The van der Waals surface area contributed by atoms with Crippen molar-refractivity contribution in [3.05, 3.63) is 0 Å². The molecule has 3 atom stereocenters. The van der Waals surface area contributed by atoms with Crippen molar-refractivity contribution >= 4 is 0 Å². The van der Waals surface area contributed by atoms with E-state index in [1.54, 1.807) is 0 Å². The van der Waals surface area contributed by atoms with E-state index >= 15 is 0 Å². The molecule has 1 N–H and O–H groups in total. The minimum Gasteiger partial charge on any atom is -0.390 e. The van der Waals surface area contributed by atoms with Gasteiger partial charge in [0.1, 0.15) is 0 Å². The highest BCUT2D eigenvalue weighted by Gasteiger charge is 2.38. The van der Waals surface area contributed by atoms with Gasteiger partial charge in [0.05, 0.1) is 5.60 Å². The van der Waals surface area contributed by atoms with Crippen molar-refractivity contribution in [3.8, 4) is 0 Å². The van der Waals surface area contributed by atoms with Crippen molar-refractivity contribution in [2.75, 3.05) is 0 Å². The van der Waals surface area contributed by atoms with Crippen molar-refractivity contribution in [1.82, 2.24) is 0 Å². The standard InChI is InChI=1S/C11H22O/c1-8(2)10-6-5-9(3)7-11(10,4)12/h8-10,12H,5-7H2,1-4H3/t9-,10-,11+/m1/s1. The first-order chi connectivity index (χ1) is 5.43. The van der Waals surface area contributed by atoms with Crippen LogP contribution in [0.2, 0.25) is 0 Å². The maximum absolute atomic E-state index is 10.2. The molecule has 1 aliphatic rings. The zero-order valence-electron chi connectivity index (χ0n) is 8.80. The summed E-state index contributed by atoms with van der Waals surface area (Å²) < 4.78 is 0. The molecule has 1 rings (SSSR count). The lowest BCUT2D eigenvalue weighted by Crippen LogP contribution is -2.42. The Balaban J connectivity index is 2.64. The minimum atomic E-state index is -0.411. The number of aliphatic hydroxyl groups is 1. The summed E-state index contributed by atoms with van der Waals surface area (Å²) in [6.07, 6.45) is 3.47. The second-order valence-corrected chi connectivity index (χ2v) is 5.09. The summed E-state index contributed by atoms with van der Waals surface area (Å²) in [5.74, 6) is 1.83. The third-order valence-electron chi connectivity index (χ3n) is 3.34. The van der Waals surface area contributed by atoms with Crippen molar-refractivity contribution in [3.63, 3.8) is 0 Å². The molecule has 0 radical (unpaired) electrons. The topological polar surface area (TPSA) is 20.2 Å². The van der Waals surface area contributed by atoms with Crippen LogP contribution in [-0.4, -0.2) is 10.7 Å². The van der Waals surface area contributed by atoms with Crippen LogP contribution in [0.3, 0.4) is 0 Å². The van der Waals surface area contributed by atoms with Crippen LogP contribution in [0.1, 0.15) is 47.0 Å². The van der Waals surface area contributed by atoms with Gasteiger partial charge in [-0.1, -0.05) is 27.2 Å². The van der Waals surface area contributed by atoms with Gasteiger partial charge in [-0.15, -0.1) is 0 Å². The van der Waals surface area contributed by atoms with Gasteiger partial charge in [0.25, 0.3) is 0 Å². The fraction of sp³-hybridized carbons (Fsp3) is 1.00. The Morgan fingerprint density at radius 2 is 1.92 bits per heavy atom. The summed E-state index contributed by atoms with van der Waals surface area (Å²) in [7, 11) is 0. The Kier molecular flexibility index (Phi) is 2.82. The Bertz CT molecular complexity index is 149. The van der Waals surface area contributed by atoms with E-state index in [1.807, 2.05) is 6.92 Å². The molecular formula is C11H22O. The molecule has 1 heteroatoms. The maximum atomic E-state index is 10.2. The molecule has 0 amide bonds. The van der Waals surface area contributed by atoms with Gasteiger partial charge in [0.2, 0.25) is 0 Å². The van der Waals surface area contributed by atoms with E-state index < -0.39 is 5.60 Å². The molecule has 0 aromatic carbocycles. The number of hydrogen-bond acceptors (Lipinski definition) is 1. The van der Waals surface area contributed by atoms with Crippen LogP contribution in [0.15, 0.2) is 0 Å². The highest BCUT2D eigenvalue weighted by Crippen LogP contribution is 2.40. The van der Waals surface area contributed by atoms with Gasteiger partial charge >= 0.3 is 0 Å². The molecule has 0 aromatic heterocycles. The van der Waals surface area contributed by atoms with Crippen molar-refractivity contribution in [1.29, 1.82) is 0 Å². The quantitative estimate of drug-likeness (QED) is 0.641. The van der Waals surface area contributed by atoms with E-state index in [9.17, 15) is 5.11 Å². The van der Waals surface area contributed by atoms with Crippen molar-refractivity contribution in [2.24, 2.45) is 17.8 Å². The van der Waals surface area contributed by atoms with Gasteiger partial charge in [0.15, 0.2) is 0 Å². The molecule has 1 fully saturated rings. The van der Waals surface area contributed by atoms with E-state index in [-0.39, 0.29) is 0 Å². The van der Waals surface area contributed by atoms with Crippen molar-refractivity contribution < 1.29 is 5.11 Å². The zero-order valence-corrected chi connectivity index (χ0v) is 8.80. The Labute approximate surface area is 76.2 Å². The minimum absolute atomic E-state index is 0.411. The molecule has 12 heavy (non-hydrogen) atoms. The van der Waals surface area contributed by atoms with Crippen LogP contribution in [0.25, 0.3) is 0 Å². The van der Waals surface area contributed by atoms with Crippen LogP contribution in [0, 0.1) is 17.8 Å². The second kappa shape index (κ2) is 3.37. The molecule has 0 heterocycles. The Hall–Kier alpha value is -0.0400. The number of hydrogen-bond donors (Lipinski definition) is 1. The average Bonchev–Trinajstić information content (AvgIpc) is 1.82. The molecule has 0 bridgehead atoms. The molecule has 1 saturated carbocycles. The van der Waals surface area contributed by atoms with Crippen LogP contribution in [-0.2, 0) is 0 Å². The summed E-state index contributed by atoms with van der Waals surface area (Å²) in [6.45, 7) is 8.68. The monoisotopic (exact) mass is 170 g/mol. The van der Waals surface area contributed by atoms with Crippen LogP contribution >= 0.6 is 0 Å². The average molecular weight is 170 g/mol. The normalized spacial score (nSPS) is 43.5. The smallest absolute Gasteiger partial charge is 0.0652 e. The second-order valence-electron chi connectivity index (χ2n) is 5.09. The summed E-state index contributed by atoms with van der Waals surface area (Å²) in [5, 5.41) is 10.2. The predicted molar refractivity (Wildman–Crippen MR) is 52.0 cm³/mol. The first-order valence-electron chi connectivity index (χ1n) is 5.16. The van der Waals surface area contributed by atoms with E-state index in [4.69, 9.17) is 0 Å². The molecular weight excluding hydrogens is 148 g/mol. The van der Waals surface area contributed by atoms with Crippen LogP contribution < -0.4 is 0 Å². The summed E-state index contributed by atoms with van der Waals surface area (Å²) in [5.41, 5.74) is -0.411. The molecule has 1 nitrogen and oxygen atoms in total. The van der Waals surface area contributed by atoms with Gasteiger partial charge in [-0.05, 0) is 37.5 Å². The Morgan fingerprint density at radius 1 is 1.33 bits per heavy atom. The van der Waals surface area contributed by atoms with Gasteiger partial charge < -0.3 is 5.11 Å². The third-order valence-corrected chi connectivity index (χ3v) is 3.34. The number of rotatable bonds is 1. The molecule has 0 saturated heterocycles. The van der Waals surface area contributed by atoms with E-state index in [1.165, 1.54) is 12.8 Å². The van der Waals surface area contributed by atoms with Crippen molar-refractivity contribution in [2.45, 2.75) is 52.6 Å². The summed E-state index contributed by atoms with van der Waals surface area (Å²) >= 11 is 0. The SMILES string of the molecule is CC(C)[C@H]1CC[C@@H](C)C[C@]1(C)O. The van der Waals surface area contributed by atoms with Gasteiger partial charge in [-0.3, -0.25) is 0 Å². The highest BCUT2D eigenvalue weighted by molar-refractivity contribution is 4.89. The summed E-state index contributed by atoms with van der Waals surface area (Å²) in [4.78, 5) is 0.